The monoisotopic (exact) mass is 392 g/mol. The number of nitrogens with zero attached hydrogens (tertiary/aromatic N) is 3. The predicted molar refractivity (Wildman–Crippen MR) is 101 cm³/mol. The van der Waals surface area contributed by atoms with E-state index in [0.29, 0.717) is 41.3 Å². The van der Waals surface area contributed by atoms with Gasteiger partial charge in [0.05, 0.1) is 38.8 Å². The molecule has 27 heavy (non-hydrogen) atoms. The number of urea groups is 1. The third kappa shape index (κ3) is 4.91. The Bertz CT molecular complexity index is 805. The number of ether oxygens (including phenoxy) is 3. The van der Waals surface area contributed by atoms with Gasteiger partial charge in [-0.25, -0.2) is 4.79 Å². The van der Waals surface area contributed by atoms with E-state index in [9.17, 15) is 4.79 Å². The molecule has 1 aromatic carbocycles. The van der Waals surface area contributed by atoms with E-state index >= 15 is 0 Å². The number of carbonyl (C=O) groups excluding carboxylic acids is 1. The van der Waals surface area contributed by atoms with Gasteiger partial charge in [0.2, 0.25) is 11.8 Å². The lowest BCUT2D eigenvalue weighted by molar-refractivity contribution is 0.101. The number of benzene rings is 1. The Balaban J connectivity index is 1.63. The number of rotatable bonds is 5. The molecule has 1 fully saturated rings. The van der Waals surface area contributed by atoms with E-state index in [1.165, 1.54) is 19.5 Å². The lowest BCUT2D eigenvalue weighted by atomic mass is 10.1. The summed E-state index contributed by atoms with van der Waals surface area (Å²) in [6.07, 6.45) is 4.50. The summed E-state index contributed by atoms with van der Waals surface area (Å²) in [5, 5.41) is 3.36. The van der Waals surface area contributed by atoms with Crippen LogP contribution in [0.2, 0.25) is 5.02 Å². The summed E-state index contributed by atoms with van der Waals surface area (Å²) in [5.74, 6) is 1.30. The lowest BCUT2D eigenvalue weighted by Crippen LogP contribution is -2.46. The van der Waals surface area contributed by atoms with Crippen molar-refractivity contribution in [2.45, 2.75) is 18.9 Å². The highest BCUT2D eigenvalue weighted by atomic mass is 35.5. The number of piperidine rings is 1. The SMILES string of the molecule is COc1cncc(OC2CCCN(C(=O)Nc3cc(Cl)ccc3OC)C2)n1. The van der Waals surface area contributed by atoms with Gasteiger partial charge in [0.1, 0.15) is 11.9 Å². The van der Waals surface area contributed by atoms with Crippen LogP contribution in [0.15, 0.2) is 30.6 Å². The van der Waals surface area contributed by atoms with Crippen LogP contribution in [0.5, 0.6) is 17.5 Å². The lowest BCUT2D eigenvalue weighted by Gasteiger charge is -2.32. The summed E-state index contributed by atoms with van der Waals surface area (Å²) in [7, 11) is 3.06. The van der Waals surface area contributed by atoms with E-state index in [1.54, 1.807) is 30.2 Å². The predicted octanol–water partition coefficient (Wildman–Crippen LogP) is 3.22. The van der Waals surface area contributed by atoms with Crippen LogP contribution in [-0.4, -0.2) is 54.3 Å². The second-order valence-electron chi connectivity index (χ2n) is 6.00. The van der Waals surface area contributed by atoms with E-state index in [-0.39, 0.29) is 12.1 Å². The van der Waals surface area contributed by atoms with Crippen LogP contribution in [0, 0.1) is 0 Å². The third-order valence-electron chi connectivity index (χ3n) is 4.16. The number of hydrogen-bond donors (Lipinski definition) is 1. The molecule has 2 aromatic rings. The van der Waals surface area contributed by atoms with E-state index in [2.05, 4.69) is 15.3 Å². The second kappa shape index (κ2) is 8.77. The van der Waals surface area contributed by atoms with Gasteiger partial charge < -0.3 is 24.4 Å². The van der Waals surface area contributed by atoms with Crippen molar-refractivity contribution >= 4 is 23.3 Å². The molecule has 9 heteroatoms. The Labute approximate surface area is 162 Å². The topological polar surface area (TPSA) is 85.8 Å². The average molecular weight is 393 g/mol. The number of carbonyl (C=O) groups is 1. The van der Waals surface area contributed by atoms with Crippen LogP contribution in [0.4, 0.5) is 10.5 Å². The first-order chi connectivity index (χ1) is 13.1. The largest absolute Gasteiger partial charge is 0.495 e. The molecule has 0 bridgehead atoms. The molecule has 1 aliphatic rings. The maximum Gasteiger partial charge on any atom is 0.322 e. The normalized spacial score (nSPS) is 16.6. The zero-order chi connectivity index (χ0) is 19.2. The molecule has 0 saturated carbocycles. The highest BCUT2D eigenvalue weighted by Gasteiger charge is 2.26. The van der Waals surface area contributed by atoms with E-state index in [4.69, 9.17) is 25.8 Å². The van der Waals surface area contributed by atoms with Crippen molar-refractivity contribution in [2.75, 3.05) is 32.6 Å². The van der Waals surface area contributed by atoms with Gasteiger partial charge in [0, 0.05) is 11.6 Å². The van der Waals surface area contributed by atoms with Crippen molar-refractivity contribution in [2.24, 2.45) is 0 Å². The molecule has 1 aliphatic heterocycles. The molecule has 8 nitrogen and oxygen atoms in total. The number of anilines is 1. The zero-order valence-corrected chi connectivity index (χ0v) is 15.9. The van der Waals surface area contributed by atoms with Gasteiger partial charge in [-0.1, -0.05) is 11.6 Å². The van der Waals surface area contributed by atoms with E-state index in [1.807, 2.05) is 0 Å². The fourth-order valence-electron chi connectivity index (χ4n) is 2.85. The summed E-state index contributed by atoms with van der Waals surface area (Å²) >= 11 is 6.02. The summed E-state index contributed by atoms with van der Waals surface area (Å²) in [5.41, 5.74) is 0.525. The first-order valence-electron chi connectivity index (χ1n) is 8.51. The number of halogens is 1. The van der Waals surface area contributed by atoms with Crippen LogP contribution in [0.25, 0.3) is 0 Å². The van der Waals surface area contributed by atoms with Crippen LogP contribution in [0.3, 0.4) is 0 Å². The summed E-state index contributed by atoms with van der Waals surface area (Å²) < 4.78 is 16.2. The molecule has 0 radical (unpaired) electrons. The summed E-state index contributed by atoms with van der Waals surface area (Å²) in [6.45, 7) is 1.08. The molecule has 1 N–H and O–H groups in total. The number of aromatic nitrogens is 2. The minimum absolute atomic E-state index is 0.174. The van der Waals surface area contributed by atoms with Crippen molar-refractivity contribution in [3.63, 3.8) is 0 Å². The number of amides is 2. The average Bonchev–Trinajstić information content (AvgIpc) is 2.68. The molecular weight excluding hydrogens is 372 g/mol. The minimum atomic E-state index is -0.236. The molecule has 0 aliphatic carbocycles. The first kappa shape index (κ1) is 19.0. The minimum Gasteiger partial charge on any atom is -0.495 e. The number of nitrogens with one attached hydrogen (secondary N) is 1. The molecule has 1 atom stereocenters. The molecule has 1 unspecified atom stereocenters. The van der Waals surface area contributed by atoms with Crippen molar-refractivity contribution in [1.82, 2.24) is 14.9 Å². The summed E-state index contributed by atoms with van der Waals surface area (Å²) in [6, 6.07) is 4.83. The van der Waals surface area contributed by atoms with Crippen molar-refractivity contribution in [3.8, 4) is 17.5 Å². The van der Waals surface area contributed by atoms with Gasteiger partial charge in [0.25, 0.3) is 0 Å². The van der Waals surface area contributed by atoms with E-state index < -0.39 is 0 Å². The fraction of sp³-hybridized carbons (Fsp3) is 0.389. The smallest absolute Gasteiger partial charge is 0.322 e. The summed E-state index contributed by atoms with van der Waals surface area (Å²) in [4.78, 5) is 22.6. The quantitative estimate of drug-likeness (QED) is 0.840. The fourth-order valence-corrected chi connectivity index (χ4v) is 3.02. The molecule has 2 heterocycles. The molecule has 1 aromatic heterocycles. The highest BCUT2D eigenvalue weighted by molar-refractivity contribution is 6.31. The van der Waals surface area contributed by atoms with Gasteiger partial charge >= 0.3 is 6.03 Å². The molecule has 2 amide bonds. The Hall–Kier alpha value is -2.74. The maximum atomic E-state index is 12.7. The maximum absolute atomic E-state index is 12.7. The highest BCUT2D eigenvalue weighted by Crippen LogP contribution is 2.28. The molecular formula is C18H21ClN4O4. The van der Waals surface area contributed by atoms with Gasteiger partial charge in [-0.05, 0) is 31.0 Å². The van der Waals surface area contributed by atoms with Gasteiger partial charge in [-0.15, -0.1) is 0 Å². The Morgan fingerprint density at radius 3 is 2.85 bits per heavy atom. The number of likely N-dealkylation sites (tertiary alicyclic amines) is 1. The Kier molecular flexibility index (Phi) is 6.18. The van der Waals surface area contributed by atoms with Crippen LogP contribution in [-0.2, 0) is 0 Å². The number of hydrogen-bond acceptors (Lipinski definition) is 6. The molecule has 144 valence electrons. The molecule has 0 spiro atoms. The van der Waals surface area contributed by atoms with Crippen molar-refractivity contribution in [3.05, 3.63) is 35.6 Å². The van der Waals surface area contributed by atoms with Crippen molar-refractivity contribution < 1.29 is 19.0 Å². The van der Waals surface area contributed by atoms with E-state index in [0.717, 1.165) is 12.8 Å². The Morgan fingerprint density at radius 1 is 1.26 bits per heavy atom. The number of methoxy groups -OCH3 is 2. The van der Waals surface area contributed by atoms with Gasteiger partial charge in [0.15, 0.2) is 0 Å². The van der Waals surface area contributed by atoms with Crippen LogP contribution < -0.4 is 19.5 Å². The molecule has 3 rings (SSSR count). The van der Waals surface area contributed by atoms with Crippen molar-refractivity contribution in [1.29, 1.82) is 0 Å². The first-order valence-corrected chi connectivity index (χ1v) is 8.89. The van der Waals surface area contributed by atoms with Crippen LogP contribution >= 0.6 is 11.6 Å². The third-order valence-corrected chi connectivity index (χ3v) is 4.39. The van der Waals surface area contributed by atoms with Gasteiger partial charge in [-0.2, -0.15) is 4.98 Å². The standard InChI is InChI=1S/C18H21ClN4O4/c1-25-15-6-5-12(19)8-14(15)21-18(24)23-7-3-4-13(11-23)27-17-10-20-9-16(22-17)26-2/h5-6,8-10,13H,3-4,7,11H2,1-2H3,(H,21,24). The second-order valence-corrected chi connectivity index (χ2v) is 6.44. The van der Waals surface area contributed by atoms with Crippen LogP contribution in [0.1, 0.15) is 12.8 Å². The Morgan fingerprint density at radius 2 is 2.07 bits per heavy atom. The zero-order valence-electron chi connectivity index (χ0n) is 15.1. The molecule has 1 saturated heterocycles. The van der Waals surface area contributed by atoms with Gasteiger partial charge in [-0.3, -0.25) is 4.98 Å².